The van der Waals surface area contributed by atoms with Gasteiger partial charge in [-0.25, -0.2) is 4.79 Å². The highest BCUT2D eigenvalue weighted by atomic mass is 16.2. The first-order valence-corrected chi connectivity index (χ1v) is 9.59. The summed E-state index contributed by atoms with van der Waals surface area (Å²) in [7, 11) is 1.90. The Balaban J connectivity index is 1.41. The predicted octanol–water partition coefficient (Wildman–Crippen LogP) is 1.21. The maximum absolute atomic E-state index is 12.2. The Morgan fingerprint density at radius 3 is 2.67 bits per heavy atom. The molecule has 4 heterocycles. The smallest absolute Gasteiger partial charge is 0.329 e. The molecule has 0 saturated carbocycles. The van der Waals surface area contributed by atoms with E-state index in [0.717, 1.165) is 37.1 Å². The zero-order chi connectivity index (χ0) is 18.6. The van der Waals surface area contributed by atoms with E-state index in [1.165, 1.54) is 18.5 Å². The molecular weight excluding hydrogens is 344 g/mol. The number of imide groups is 1. The topological polar surface area (TPSA) is 82.5 Å². The summed E-state index contributed by atoms with van der Waals surface area (Å²) in [4.78, 5) is 27.6. The van der Waals surface area contributed by atoms with Crippen LogP contribution in [-0.2, 0) is 11.8 Å². The van der Waals surface area contributed by atoms with Gasteiger partial charge in [0.25, 0.3) is 0 Å². The Morgan fingerprint density at radius 2 is 1.93 bits per heavy atom. The summed E-state index contributed by atoms with van der Waals surface area (Å²) in [6.45, 7) is 4.83. The number of carbonyl (C=O) groups is 2. The van der Waals surface area contributed by atoms with Gasteiger partial charge < -0.3 is 10.2 Å². The molecule has 3 amide bonds. The van der Waals surface area contributed by atoms with Crippen molar-refractivity contribution < 1.29 is 9.59 Å². The summed E-state index contributed by atoms with van der Waals surface area (Å²) in [6, 6.07) is 5.93. The van der Waals surface area contributed by atoms with Gasteiger partial charge in [-0.3, -0.25) is 19.7 Å². The lowest BCUT2D eigenvalue weighted by molar-refractivity contribution is -0.120. The average Bonchev–Trinajstić information content (AvgIpc) is 2.96. The van der Waals surface area contributed by atoms with Crippen LogP contribution in [0.4, 0.5) is 16.3 Å². The van der Waals surface area contributed by atoms with E-state index in [1.807, 2.05) is 17.8 Å². The van der Waals surface area contributed by atoms with E-state index in [1.54, 1.807) is 4.90 Å². The number of rotatable bonds is 2. The fourth-order valence-electron chi connectivity index (χ4n) is 4.61. The largest absolute Gasteiger partial charge is 0.370 e. The van der Waals surface area contributed by atoms with Crippen LogP contribution in [0.3, 0.4) is 0 Å². The SMILES string of the molecule is Cn1nc(N2CCC(=O)NC2=O)c2ccc(N3CC4(CCNCC4)C3)cc21. The van der Waals surface area contributed by atoms with Gasteiger partial charge in [0.15, 0.2) is 5.82 Å². The molecule has 0 bridgehead atoms. The van der Waals surface area contributed by atoms with Crippen molar-refractivity contribution in [3.05, 3.63) is 18.2 Å². The van der Waals surface area contributed by atoms with Crippen LogP contribution in [0.15, 0.2) is 18.2 Å². The van der Waals surface area contributed by atoms with Crippen LogP contribution in [0.5, 0.6) is 0 Å². The third kappa shape index (κ3) is 2.66. The first-order chi connectivity index (χ1) is 13.0. The molecule has 2 N–H and O–H groups in total. The van der Waals surface area contributed by atoms with Crippen molar-refractivity contribution in [2.75, 3.05) is 42.5 Å². The van der Waals surface area contributed by atoms with Gasteiger partial charge >= 0.3 is 6.03 Å². The number of hydrogen-bond donors (Lipinski definition) is 2. The predicted molar refractivity (Wildman–Crippen MR) is 103 cm³/mol. The summed E-state index contributed by atoms with van der Waals surface area (Å²) in [6.07, 6.45) is 2.81. The molecule has 2 aromatic rings. The van der Waals surface area contributed by atoms with Crippen molar-refractivity contribution in [2.45, 2.75) is 19.3 Å². The van der Waals surface area contributed by atoms with Crippen LogP contribution in [0.25, 0.3) is 10.9 Å². The van der Waals surface area contributed by atoms with E-state index in [-0.39, 0.29) is 5.91 Å². The lowest BCUT2D eigenvalue weighted by Crippen LogP contribution is -2.60. The average molecular weight is 368 g/mol. The van der Waals surface area contributed by atoms with Crippen molar-refractivity contribution in [2.24, 2.45) is 12.5 Å². The second-order valence-electron chi connectivity index (χ2n) is 8.01. The summed E-state index contributed by atoms with van der Waals surface area (Å²) in [5.74, 6) is 0.380. The van der Waals surface area contributed by atoms with Crippen LogP contribution in [0.1, 0.15) is 19.3 Å². The van der Waals surface area contributed by atoms with E-state index in [0.29, 0.717) is 24.2 Å². The van der Waals surface area contributed by atoms with Crippen molar-refractivity contribution in [1.82, 2.24) is 20.4 Å². The van der Waals surface area contributed by atoms with E-state index >= 15 is 0 Å². The number of anilines is 2. The van der Waals surface area contributed by atoms with Crippen LogP contribution in [-0.4, -0.2) is 54.4 Å². The van der Waals surface area contributed by atoms with Crippen LogP contribution >= 0.6 is 0 Å². The van der Waals surface area contributed by atoms with Gasteiger partial charge in [-0.1, -0.05) is 0 Å². The van der Waals surface area contributed by atoms with Crippen molar-refractivity contribution in [3.8, 4) is 0 Å². The highest BCUT2D eigenvalue weighted by Gasteiger charge is 2.43. The normalized spacial score (nSPS) is 22.3. The molecule has 0 aliphatic carbocycles. The van der Waals surface area contributed by atoms with E-state index in [4.69, 9.17) is 0 Å². The standard InChI is InChI=1S/C19H24N6O2/c1-23-15-10-13(24-11-19(12-24)5-7-20-8-6-19)2-3-14(15)17(22-23)25-9-4-16(26)21-18(25)27/h2-3,10,20H,4-9,11-12H2,1H3,(H,21,26,27). The highest BCUT2D eigenvalue weighted by molar-refractivity contribution is 6.09. The van der Waals surface area contributed by atoms with Gasteiger partial charge in [-0.05, 0) is 44.1 Å². The molecule has 0 atom stereocenters. The number of aromatic nitrogens is 2. The second kappa shape index (κ2) is 5.95. The summed E-state index contributed by atoms with van der Waals surface area (Å²) in [5.41, 5.74) is 2.69. The molecule has 1 aromatic carbocycles. The third-order valence-corrected chi connectivity index (χ3v) is 6.21. The number of fused-ring (bicyclic) bond motifs is 1. The van der Waals surface area contributed by atoms with Crippen molar-refractivity contribution in [1.29, 1.82) is 0 Å². The molecule has 1 aromatic heterocycles. The molecule has 142 valence electrons. The van der Waals surface area contributed by atoms with E-state index in [9.17, 15) is 9.59 Å². The molecule has 1 spiro atoms. The van der Waals surface area contributed by atoms with Gasteiger partial charge in [0.2, 0.25) is 5.91 Å². The molecule has 3 aliphatic heterocycles. The van der Waals surface area contributed by atoms with Gasteiger partial charge in [0.1, 0.15) is 0 Å². The minimum Gasteiger partial charge on any atom is -0.370 e. The summed E-state index contributed by atoms with van der Waals surface area (Å²) >= 11 is 0. The minimum absolute atomic E-state index is 0.233. The first-order valence-electron chi connectivity index (χ1n) is 9.59. The second-order valence-corrected chi connectivity index (χ2v) is 8.01. The van der Waals surface area contributed by atoms with Crippen LogP contribution < -0.4 is 20.4 Å². The monoisotopic (exact) mass is 368 g/mol. The lowest BCUT2D eigenvalue weighted by Gasteiger charge is -2.53. The number of nitrogens with one attached hydrogen (secondary N) is 2. The van der Waals surface area contributed by atoms with E-state index < -0.39 is 6.03 Å². The first kappa shape index (κ1) is 16.6. The number of hydrogen-bond acceptors (Lipinski definition) is 5. The minimum atomic E-state index is -0.397. The molecule has 8 heteroatoms. The zero-order valence-corrected chi connectivity index (χ0v) is 15.5. The number of benzene rings is 1. The number of carbonyl (C=O) groups excluding carboxylic acids is 2. The number of piperidine rings is 1. The highest BCUT2D eigenvalue weighted by Crippen LogP contribution is 2.42. The molecule has 3 saturated heterocycles. The third-order valence-electron chi connectivity index (χ3n) is 6.21. The van der Waals surface area contributed by atoms with Gasteiger partial charge in [0.05, 0.1) is 5.52 Å². The number of urea groups is 1. The van der Waals surface area contributed by atoms with Crippen molar-refractivity contribution in [3.63, 3.8) is 0 Å². The van der Waals surface area contributed by atoms with Crippen molar-refractivity contribution >= 4 is 34.3 Å². The number of amides is 3. The maximum Gasteiger partial charge on any atom is 0.329 e. The molecule has 8 nitrogen and oxygen atoms in total. The van der Waals surface area contributed by atoms with Gasteiger partial charge in [-0.2, -0.15) is 5.10 Å². The van der Waals surface area contributed by atoms with Gasteiger partial charge in [-0.15, -0.1) is 0 Å². The molecule has 27 heavy (non-hydrogen) atoms. The zero-order valence-electron chi connectivity index (χ0n) is 15.5. The number of aryl methyl sites for hydroxylation is 1. The molecule has 0 unspecified atom stereocenters. The maximum atomic E-state index is 12.2. The molecule has 0 radical (unpaired) electrons. The molecular formula is C19H24N6O2. The fraction of sp³-hybridized carbons (Fsp3) is 0.526. The Kier molecular flexibility index (Phi) is 3.65. The van der Waals surface area contributed by atoms with E-state index in [2.05, 4.69) is 32.8 Å². The van der Waals surface area contributed by atoms with Crippen LogP contribution in [0, 0.1) is 5.41 Å². The summed E-state index contributed by atoms with van der Waals surface area (Å²) < 4.78 is 1.82. The molecule has 5 rings (SSSR count). The Bertz CT molecular complexity index is 922. The van der Waals surface area contributed by atoms with Crippen LogP contribution in [0.2, 0.25) is 0 Å². The Labute approximate surface area is 157 Å². The summed E-state index contributed by atoms with van der Waals surface area (Å²) in [5, 5.41) is 11.3. The lowest BCUT2D eigenvalue weighted by atomic mass is 9.72. The number of nitrogens with zero attached hydrogens (tertiary/aromatic N) is 4. The fourth-order valence-corrected chi connectivity index (χ4v) is 4.61. The molecule has 3 aliphatic rings. The quantitative estimate of drug-likeness (QED) is 0.833. The Morgan fingerprint density at radius 1 is 1.15 bits per heavy atom. The molecule has 3 fully saturated rings. The Hall–Kier alpha value is -2.61. The van der Waals surface area contributed by atoms with Gasteiger partial charge in [0, 0.05) is 49.6 Å².